The first-order valence-electron chi connectivity index (χ1n) is 6.66. The number of benzene rings is 3. The van der Waals surface area contributed by atoms with Gasteiger partial charge < -0.3 is 15.2 Å². The Morgan fingerprint density at radius 1 is 0.571 bits per heavy atom. The van der Waals surface area contributed by atoms with Gasteiger partial charge in [-0.2, -0.15) is 0 Å². The predicted molar refractivity (Wildman–Crippen MR) is 83.9 cm³/mol. The normalized spacial score (nSPS) is 10.1. The highest BCUT2D eigenvalue weighted by atomic mass is 16.5. The van der Waals surface area contributed by atoms with E-state index >= 15 is 0 Å². The molecule has 0 atom stereocenters. The number of rotatable bonds is 4. The number of ether oxygens (including phenoxy) is 2. The Labute approximate surface area is 123 Å². The van der Waals surface area contributed by atoms with Gasteiger partial charge in [0.1, 0.15) is 17.2 Å². The molecule has 3 aromatic rings. The van der Waals surface area contributed by atoms with Gasteiger partial charge in [0, 0.05) is 6.07 Å². The molecule has 21 heavy (non-hydrogen) atoms. The van der Waals surface area contributed by atoms with E-state index in [4.69, 9.17) is 15.2 Å². The molecule has 0 amide bonds. The summed E-state index contributed by atoms with van der Waals surface area (Å²) in [6, 6.07) is 24.5. The number of nitrogen functional groups attached to an aromatic ring is 1. The fraction of sp³-hybridized carbons (Fsp3) is 0. The van der Waals surface area contributed by atoms with Gasteiger partial charge >= 0.3 is 0 Å². The standard InChI is InChI=1S/C18H15NO2/c19-17-13-16(20-14-7-3-1-4-8-14)11-12-18(17)21-15-9-5-2-6-10-15/h1-13H,19H2. The van der Waals surface area contributed by atoms with Crippen LogP contribution in [0.1, 0.15) is 0 Å². The Morgan fingerprint density at radius 3 is 1.71 bits per heavy atom. The minimum Gasteiger partial charge on any atom is -0.457 e. The van der Waals surface area contributed by atoms with Crippen LogP contribution in [0.3, 0.4) is 0 Å². The van der Waals surface area contributed by atoms with Crippen molar-refractivity contribution in [3.8, 4) is 23.0 Å². The predicted octanol–water partition coefficient (Wildman–Crippen LogP) is 4.85. The summed E-state index contributed by atoms with van der Waals surface area (Å²) in [7, 11) is 0. The summed E-state index contributed by atoms with van der Waals surface area (Å²) in [4.78, 5) is 0. The SMILES string of the molecule is Nc1cc(Oc2ccccc2)ccc1Oc1ccccc1. The van der Waals surface area contributed by atoms with Crippen LogP contribution in [0.15, 0.2) is 78.9 Å². The minimum atomic E-state index is 0.535. The molecular weight excluding hydrogens is 262 g/mol. The van der Waals surface area contributed by atoms with E-state index in [9.17, 15) is 0 Å². The fourth-order valence-electron chi connectivity index (χ4n) is 1.92. The second kappa shape index (κ2) is 6.01. The Morgan fingerprint density at radius 2 is 1.14 bits per heavy atom. The molecule has 104 valence electrons. The third-order valence-electron chi connectivity index (χ3n) is 2.93. The van der Waals surface area contributed by atoms with Crippen molar-refractivity contribution in [3.05, 3.63) is 78.9 Å². The monoisotopic (exact) mass is 277 g/mol. The van der Waals surface area contributed by atoms with Gasteiger partial charge in [-0.3, -0.25) is 0 Å². The molecule has 3 rings (SSSR count). The summed E-state index contributed by atoms with van der Waals surface area (Å²) in [5.41, 5.74) is 6.55. The van der Waals surface area contributed by atoms with Crippen LogP contribution in [0.5, 0.6) is 23.0 Å². The van der Waals surface area contributed by atoms with Crippen LogP contribution in [-0.2, 0) is 0 Å². The van der Waals surface area contributed by atoms with Crippen LogP contribution in [0, 0.1) is 0 Å². The van der Waals surface area contributed by atoms with Crippen molar-refractivity contribution in [3.63, 3.8) is 0 Å². The van der Waals surface area contributed by atoms with Crippen LogP contribution in [-0.4, -0.2) is 0 Å². The van der Waals surface area contributed by atoms with Crippen LogP contribution < -0.4 is 15.2 Å². The topological polar surface area (TPSA) is 44.5 Å². The lowest BCUT2D eigenvalue weighted by Gasteiger charge is -2.11. The zero-order valence-electron chi connectivity index (χ0n) is 11.4. The van der Waals surface area contributed by atoms with Crippen molar-refractivity contribution in [1.82, 2.24) is 0 Å². The van der Waals surface area contributed by atoms with Crippen LogP contribution in [0.4, 0.5) is 5.69 Å². The summed E-state index contributed by atoms with van der Waals surface area (Å²) in [6.45, 7) is 0. The molecule has 0 aliphatic heterocycles. The zero-order chi connectivity index (χ0) is 14.5. The average molecular weight is 277 g/mol. The lowest BCUT2D eigenvalue weighted by Crippen LogP contribution is -1.93. The first kappa shape index (κ1) is 13.1. The Hall–Kier alpha value is -2.94. The number of hydrogen-bond acceptors (Lipinski definition) is 3. The lowest BCUT2D eigenvalue weighted by molar-refractivity contribution is 0.471. The summed E-state index contributed by atoms with van der Waals surface area (Å²) >= 11 is 0. The van der Waals surface area contributed by atoms with Crippen molar-refractivity contribution < 1.29 is 9.47 Å². The van der Waals surface area contributed by atoms with E-state index in [-0.39, 0.29) is 0 Å². The number of hydrogen-bond donors (Lipinski definition) is 1. The minimum absolute atomic E-state index is 0.535. The maximum atomic E-state index is 6.02. The molecule has 0 heterocycles. The molecule has 3 heteroatoms. The largest absolute Gasteiger partial charge is 0.457 e. The average Bonchev–Trinajstić information content (AvgIpc) is 2.52. The van der Waals surface area contributed by atoms with Crippen molar-refractivity contribution in [1.29, 1.82) is 0 Å². The van der Waals surface area contributed by atoms with Gasteiger partial charge in [-0.1, -0.05) is 36.4 Å². The third-order valence-corrected chi connectivity index (χ3v) is 2.93. The van der Waals surface area contributed by atoms with E-state index < -0.39 is 0 Å². The first-order valence-corrected chi connectivity index (χ1v) is 6.66. The van der Waals surface area contributed by atoms with E-state index in [1.165, 1.54) is 0 Å². The molecule has 0 aliphatic rings. The highest BCUT2D eigenvalue weighted by Crippen LogP contribution is 2.32. The molecule has 3 aromatic carbocycles. The van der Waals surface area contributed by atoms with Crippen molar-refractivity contribution in [2.75, 3.05) is 5.73 Å². The van der Waals surface area contributed by atoms with E-state index in [1.54, 1.807) is 12.1 Å². The second-order valence-corrected chi connectivity index (χ2v) is 4.53. The van der Waals surface area contributed by atoms with E-state index in [2.05, 4.69) is 0 Å². The summed E-state index contributed by atoms with van der Waals surface area (Å²) in [6.07, 6.45) is 0. The van der Waals surface area contributed by atoms with Gasteiger partial charge in [-0.05, 0) is 36.4 Å². The highest BCUT2D eigenvalue weighted by Gasteiger charge is 2.05. The molecule has 2 N–H and O–H groups in total. The quantitative estimate of drug-likeness (QED) is 0.693. The fourth-order valence-corrected chi connectivity index (χ4v) is 1.92. The summed E-state index contributed by atoms with van der Waals surface area (Å²) < 4.78 is 11.5. The van der Waals surface area contributed by atoms with Crippen LogP contribution >= 0.6 is 0 Å². The van der Waals surface area contributed by atoms with Crippen molar-refractivity contribution in [2.45, 2.75) is 0 Å². The molecule has 0 unspecified atom stereocenters. The Bertz CT molecular complexity index is 712. The van der Waals surface area contributed by atoms with Gasteiger partial charge in [-0.15, -0.1) is 0 Å². The van der Waals surface area contributed by atoms with Crippen molar-refractivity contribution in [2.24, 2.45) is 0 Å². The zero-order valence-corrected chi connectivity index (χ0v) is 11.4. The molecule has 0 fully saturated rings. The van der Waals surface area contributed by atoms with Crippen LogP contribution in [0.25, 0.3) is 0 Å². The summed E-state index contributed by atoms with van der Waals surface area (Å²) in [5, 5.41) is 0. The van der Waals surface area contributed by atoms with Crippen LogP contribution in [0.2, 0.25) is 0 Å². The van der Waals surface area contributed by atoms with E-state index in [0.29, 0.717) is 17.2 Å². The van der Waals surface area contributed by atoms with Gasteiger partial charge in [0.15, 0.2) is 5.75 Å². The first-order chi connectivity index (χ1) is 10.3. The maximum absolute atomic E-state index is 6.02. The van der Waals surface area contributed by atoms with E-state index in [0.717, 1.165) is 11.5 Å². The maximum Gasteiger partial charge on any atom is 0.150 e. The molecule has 0 saturated heterocycles. The van der Waals surface area contributed by atoms with Gasteiger partial charge in [-0.25, -0.2) is 0 Å². The lowest BCUT2D eigenvalue weighted by atomic mass is 10.2. The third kappa shape index (κ3) is 3.34. The molecular formula is C18H15NO2. The van der Waals surface area contributed by atoms with Crippen molar-refractivity contribution >= 4 is 5.69 Å². The molecule has 0 bridgehead atoms. The summed E-state index contributed by atoms with van der Waals surface area (Å²) in [5.74, 6) is 2.82. The Balaban J connectivity index is 1.77. The molecule has 0 radical (unpaired) electrons. The second-order valence-electron chi connectivity index (χ2n) is 4.53. The number of para-hydroxylation sites is 2. The molecule has 0 spiro atoms. The van der Waals surface area contributed by atoms with Gasteiger partial charge in [0.05, 0.1) is 5.69 Å². The smallest absolute Gasteiger partial charge is 0.150 e. The van der Waals surface area contributed by atoms with Gasteiger partial charge in [0.25, 0.3) is 0 Å². The van der Waals surface area contributed by atoms with E-state index in [1.807, 2.05) is 66.7 Å². The Kier molecular flexibility index (Phi) is 3.74. The molecule has 0 aromatic heterocycles. The number of anilines is 1. The molecule has 3 nitrogen and oxygen atoms in total. The number of nitrogens with two attached hydrogens (primary N) is 1. The highest BCUT2D eigenvalue weighted by molar-refractivity contribution is 5.57. The van der Waals surface area contributed by atoms with Gasteiger partial charge in [0.2, 0.25) is 0 Å². The molecule has 0 aliphatic carbocycles. The molecule has 0 saturated carbocycles.